The number of hydrogen-bond acceptors (Lipinski definition) is 3. The van der Waals surface area contributed by atoms with Gasteiger partial charge in [0.1, 0.15) is 5.69 Å². The number of nitrogens with one attached hydrogen (secondary N) is 1. The molecule has 0 saturated heterocycles. The van der Waals surface area contributed by atoms with Crippen LogP contribution in [0.4, 0.5) is 0 Å². The molecule has 0 aliphatic carbocycles. The first-order chi connectivity index (χ1) is 9.56. The van der Waals surface area contributed by atoms with Gasteiger partial charge in [0.2, 0.25) is 0 Å². The van der Waals surface area contributed by atoms with Gasteiger partial charge in [-0.3, -0.25) is 4.79 Å². The molecule has 0 bridgehead atoms. The summed E-state index contributed by atoms with van der Waals surface area (Å²) in [4.78, 5) is 20.0. The van der Waals surface area contributed by atoms with Crippen molar-refractivity contribution in [2.75, 3.05) is 0 Å². The van der Waals surface area contributed by atoms with Crippen molar-refractivity contribution in [2.45, 2.75) is 26.9 Å². The number of nitrogens with zero attached hydrogens (tertiary/aromatic N) is 3. The molecule has 1 N–H and O–H groups in total. The Morgan fingerprint density at radius 2 is 2.20 bits per heavy atom. The zero-order valence-corrected chi connectivity index (χ0v) is 12.3. The molecule has 2 heterocycles. The van der Waals surface area contributed by atoms with E-state index in [1.54, 1.807) is 24.7 Å². The zero-order chi connectivity index (χ0) is 14.5. The van der Waals surface area contributed by atoms with E-state index in [4.69, 9.17) is 11.6 Å². The largest absolute Gasteiger partial charge is 0.345 e. The lowest BCUT2D eigenvalue weighted by Crippen LogP contribution is -2.25. The summed E-state index contributed by atoms with van der Waals surface area (Å²) < 4.78 is 2.04. The molecule has 20 heavy (non-hydrogen) atoms. The number of carbonyl (C=O) groups excluding carboxylic acids is 1. The average molecular weight is 293 g/mol. The molecule has 5 nitrogen and oxygen atoms in total. The summed E-state index contributed by atoms with van der Waals surface area (Å²) in [6, 6.07) is 3.25. The molecule has 2 aromatic heterocycles. The molecule has 2 rings (SSSR count). The van der Waals surface area contributed by atoms with E-state index in [1.807, 2.05) is 4.57 Å². The van der Waals surface area contributed by atoms with Crippen LogP contribution in [0.25, 0.3) is 0 Å². The molecule has 0 aromatic carbocycles. The van der Waals surface area contributed by atoms with E-state index in [0.717, 1.165) is 12.2 Å². The lowest BCUT2D eigenvalue weighted by atomic mass is 10.2. The number of pyridine rings is 1. The number of carbonyl (C=O) groups is 1. The molecule has 0 saturated carbocycles. The average Bonchev–Trinajstić information content (AvgIpc) is 2.83. The smallest absolute Gasteiger partial charge is 0.270 e. The van der Waals surface area contributed by atoms with E-state index < -0.39 is 0 Å². The Bertz CT molecular complexity index is 577. The predicted molar refractivity (Wildman–Crippen MR) is 77.5 cm³/mol. The summed E-state index contributed by atoms with van der Waals surface area (Å²) in [5, 5.41) is 3.34. The molecule has 0 aliphatic heterocycles. The highest BCUT2D eigenvalue weighted by Crippen LogP contribution is 2.07. The zero-order valence-electron chi connectivity index (χ0n) is 11.5. The van der Waals surface area contributed by atoms with Gasteiger partial charge in [-0.25, -0.2) is 9.97 Å². The van der Waals surface area contributed by atoms with E-state index in [1.165, 1.54) is 6.20 Å². The summed E-state index contributed by atoms with van der Waals surface area (Å²) in [5.41, 5.74) is 1.32. The summed E-state index contributed by atoms with van der Waals surface area (Å²) in [5.74, 6) is 0.301. The Kier molecular flexibility index (Phi) is 4.74. The molecule has 0 spiro atoms. The molecule has 0 atom stereocenters. The summed E-state index contributed by atoms with van der Waals surface area (Å²) in [6.45, 7) is 5.58. The Morgan fingerprint density at radius 1 is 1.40 bits per heavy atom. The number of amides is 1. The van der Waals surface area contributed by atoms with E-state index in [-0.39, 0.29) is 5.91 Å². The van der Waals surface area contributed by atoms with Crippen LogP contribution in [0.5, 0.6) is 0 Å². The molecule has 1 amide bonds. The third kappa shape index (κ3) is 3.81. The van der Waals surface area contributed by atoms with Gasteiger partial charge in [-0.2, -0.15) is 0 Å². The summed E-state index contributed by atoms with van der Waals surface area (Å²) in [6.07, 6.45) is 5.00. The quantitative estimate of drug-likeness (QED) is 0.921. The van der Waals surface area contributed by atoms with Crippen LogP contribution in [0, 0.1) is 5.92 Å². The maximum Gasteiger partial charge on any atom is 0.270 e. The number of halogens is 1. The van der Waals surface area contributed by atoms with Crippen molar-refractivity contribution in [3.63, 3.8) is 0 Å². The van der Waals surface area contributed by atoms with Crippen molar-refractivity contribution in [3.8, 4) is 0 Å². The molecular weight excluding hydrogens is 276 g/mol. The number of aromatic nitrogens is 3. The lowest BCUT2D eigenvalue weighted by Gasteiger charge is -2.11. The van der Waals surface area contributed by atoms with Gasteiger partial charge in [-0.15, -0.1) is 0 Å². The fourth-order valence-electron chi connectivity index (χ4n) is 1.82. The highest BCUT2D eigenvalue weighted by Gasteiger charge is 2.09. The Hall–Kier alpha value is -1.88. The summed E-state index contributed by atoms with van der Waals surface area (Å²) >= 11 is 5.74. The van der Waals surface area contributed by atoms with Crippen molar-refractivity contribution >= 4 is 17.5 Å². The third-order valence-corrected chi connectivity index (χ3v) is 2.97. The molecule has 0 unspecified atom stereocenters. The van der Waals surface area contributed by atoms with Crippen molar-refractivity contribution in [1.29, 1.82) is 0 Å². The first-order valence-electron chi connectivity index (χ1n) is 6.45. The second kappa shape index (κ2) is 6.52. The van der Waals surface area contributed by atoms with E-state index in [0.29, 0.717) is 23.2 Å². The molecule has 0 fully saturated rings. The third-order valence-electron chi connectivity index (χ3n) is 2.75. The van der Waals surface area contributed by atoms with Gasteiger partial charge in [-0.05, 0) is 18.1 Å². The number of imidazole rings is 1. The van der Waals surface area contributed by atoms with Gasteiger partial charge in [-0.1, -0.05) is 25.4 Å². The van der Waals surface area contributed by atoms with Crippen LogP contribution in [0.15, 0.2) is 30.9 Å². The van der Waals surface area contributed by atoms with Crippen molar-refractivity contribution in [3.05, 3.63) is 47.3 Å². The van der Waals surface area contributed by atoms with Crippen molar-refractivity contribution in [2.24, 2.45) is 5.92 Å². The van der Waals surface area contributed by atoms with Gasteiger partial charge >= 0.3 is 0 Å². The molecule has 0 radical (unpaired) electrons. The van der Waals surface area contributed by atoms with Crippen LogP contribution in [-0.4, -0.2) is 20.4 Å². The predicted octanol–water partition coefficient (Wildman–Crippen LogP) is 2.52. The molecule has 106 valence electrons. The van der Waals surface area contributed by atoms with Crippen LogP contribution in [0.1, 0.15) is 30.0 Å². The fourth-order valence-corrected chi connectivity index (χ4v) is 1.94. The molecule has 2 aromatic rings. The van der Waals surface area contributed by atoms with E-state index in [9.17, 15) is 4.79 Å². The monoisotopic (exact) mass is 292 g/mol. The normalized spacial score (nSPS) is 10.8. The van der Waals surface area contributed by atoms with Gasteiger partial charge in [0.25, 0.3) is 5.91 Å². The second-order valence-corrected chi connectivity index (χ2v) is 5.41. The van der Waals surface area contributed by atoms with E-state index >= 15 is 0 Å². The number of rotatable bonds is 5. The van der Waals surface area contributed by atoms with Crippen molar-refractivity contribution < 1.29 is 4.79 Å². The molecular formula is C14H17ClN4O. The van der Waals surface area contributed by atoms with Gasteiger partial charge in [0.15, 0.2) is 0 Å². The highest BCUT2D eigenvalue weighted by atomic mass is 35.5. The van der Waals surface area contributed by atoms with E-state index in [2.05, 4.69) is 29.1 Å². The molecule has 6 heteroatoms. The summed E-state index contributed by atoms with van der Waals surface area (Å²) in [7, 11) is 0. The molecule has 0 aliphatic rings. The first kappa shape index (κ1) is 14.5. The minimum Gasteiger partial charge on any atom is -0.345 e. The fraction of sp³-hybridized carbons (Fsp3) is 0.357. The van der Waals surface area contributed by atoms with Crippen LogP contribution >= 0.6 is 11.6 Å². The van der Waals surface area contributed by atoms with Crippen LogP contribution in [0.3, 0.4) is 0 Å². The first-order valence-corrected chi connectivity index (χ1v) is 6.83. The minimum atomic E-state index is -0.223. The maximum atomic E-state index is 11.9. The van der Waals surface area contributed by atoms with Crippen molar-refractivity contribution in [1.82, 2.24) is 19.9 Å². The maximum absolute atomic E-state index is 11.9. The number of hydrogen-bond donors (Lipinski definition) is 1. The minimum absolute atomic E-state index is 0.223. The van der Waals surface area contributed by atoms with Crippen LogP contribution in [0.2, 0.25) is 5.02 Å². The topological polar surface area (TPSA) is 59.8 Å². The second-order valence-electron chi connectivity index (χ2n) is 4.98. The van der Waals surface area contributed by atoms with Crippen LogP contribution < -0.4 is 5.32 Å². The van der Waals surface area contributed by atoms with Gasteiger partial charge in [0, 0.05) is 18.9 Å². The Morgan fingerprint density at radius 3 is 2.85 bits per heavy atom. The van der Waals surface area contributed by atoms with Gasteiger partial charge < -0.3 is 9.88 Å². The SMILES string of the molecule is CC(C)Cn1cncc1CNC(=O)c1ccc(Cl)cn1. The van der Waals surface area contributed by atoms with Gasteiger partial charge in [0.05, 0.1) is 23.6 Å². The standard InChI is InChI=1S/C14H17ClN4O/c1-10(2)8-19-9-16-6-12(19)7-18-14(20)13-4-3-11(15)5-17-13/h3-6,9-10H,7-8H2,1-2H3,(H,18,20). The van der Waals surface area contributed by atoms with Crippen LogP contribution in [-0.2, 0) is 13.1 Å². The Balaban J connectivity index is 1.96. The lowest BCUT2D eigenvalue weighted by molar-refractivity contribution is 0.0945. The Labute approximate surface area is 123 Å². The highest BCUT2D eigenvalue weighted by molar-refractivity contribution is 6.30.